The summed E-state index contributed by atoms with van der Waals surface area (Å²) in [4.78, 5) is 12.5. The third kappa shape index (κ3) is 6.07. The second-order valence-electron chi connectivity index (χ2n) is 7.45. The predicted octanol–water partition coefficient (Wildman–Crippen LogP) is 5.99. The largest absolute Gasteiger partial charge is 0.489 e. The first-order valence-corrected chi connectivity index (χ1v) is 10.3. The van der Waals surface area contributed by atoms with E-state index < -0.39 is 5.91 Å². The van der Waals surface area contributed by atoms with E-state index >= 15 is 0 Å². The summed E-state index contributed by atoms with van der Waals surface area (Å²) in [5.41, 5.74) is 6.27. The Hall–Kier alpha value is -3.84. The van der Waals surface area contributed by atoms with Crippen LogP contribution in [0.2, 0.25) is 0 Å². The fourth-order valence-electron chi connectivity index (χ4n) is 3.06. The Morgan fingerprint density at radius 1 is 0.968 bits per heavy atom. The number of hydrogen-bond donors (Lipinski definition) is 1. The molecule has 0 heterocycles. The molecule has 0 saturated heterocycles. The number of rotatable bonds is 7. The smallest absolute Gasteiger partial charge is 0.266 e. The molecule has 3 aromatic rings. The molecule has 4 nitrogen and oxygen atoms in total. The van der Waals surface area contributed by atoms with Gasteiger partial charge in [0.2, 0.25) is 0 Å². The Morgan fingerprint density at radius 2 is 1.65 bits per heavy atom. The predicted molar refractivity (Wildman–Crippen MR) is 125 cm³/mol. The van der Waals surface area contributed by atoms with Crippen molar-refractivity contribution in [1.82, 2.24) is 0 Å². The lowest BCUT2D eigenvalue weighted by molar-refractivity contribution is -0.112. The van der Waals surface area contributed by atoms with E-state index in [9.17, 15) is 10.1 Å². The third-order valence-electron chi connectivity index (χ3n) is 5.15. The number of nitrogens with one attached hydrogen (secondary N) is 1. The van der Waals surface area contributed by atoms with Crippen molar-refractivity contribution >= 4 is 17.7 Å². The maximum Gasteiger partial charge on any atom is 0.266 e. The van der Waals surface area contributed by atoms with Gasteiger partial charge in [-0.1, -0.05) is 49.4 Å². The molecule has 1 N–H and O–H groups in total. The van der Waals surface area contributed by atoms with Crippen molar-refractivity contribution in [1.29, 1.82) is 5.26 Å². The molecule has 0 aromatic heterocycles. The molecule has 0 saturated carbocycles. The number of ether oxygens (including phenoxy) is 1. The minimum Gasteiger partial charge on any atom is -0.489 e. The van der Waals surface area contributed by atoms with E-state index in [-0.39, 0.29) is 5.57 Å². The Morgan fingerprint density at radius 3 is 2.26 bits per heavy atom. The number of nitrogens with zero attached hydrogens (tertiary/aromatic N) is 1. The quantitative estimate of drug-likeness (QED) is 0.384. The highest BCUT2D eigenvalue weighted by Crippen LogP contribution is 2.18. The summed E-state index contributed by atoms with van der Waals surface area (Å²) >= 11 is 0. The van der Waals surface area contributed by atoms with Gasteiger partial charge >= 0.3 is 0 Å². The number of amides is 1. The molecule has 0 aliphatic heterocycles. The second kappa shape index (κ2) is 10.3. The molecule has 0 atom stereocenters. The molecule has 0 aliphatic carbocycles. The summed E-state index contributed by atoms with van der Waals surface area (Å²) in [6.07, 6.45) is 2.50. The maximum absolute atomic E-state index is 12.5. The van der Waals surface area contributed by atoms with Crippen molar-refractivity contribution in [3.63, 3.8) is 0 Å². The Bertz CT molecular complexity index is 1120. The highest BCUT2D eigenvalue weighted by Gasteiger charge is 2.09. The molecule has 3 aromatic carbocycles. The first kappa shape index (κ1) is 21.9. The normalized spacial score (nSPS) is 11.0. The molecule has 0 unspecified atom stereocenters. The van der Waals surface area contributed by atoms with Gasteiger partial charge in [-0.2, -0.15) is 5.26 Å². The van der Waals surface area contributed by atoms with Gasteiger partial charge in [-0.25, -0.2) is 0 Å². The minimum absolute atomic E-state index is 0.0448. The third-order valence-corrected chi connectivity index (χ3v) is 5.15. The van der Waals surface area contributed by atoms with Crippen LogP contribution in [0.4, 0.5) is 5.69 Å². The van der Waals surface area contributed by atoms with Crippen molar-refractivity contribution < 1.29 is 9.53 Å². The van der Waals surface area contributed by atoms with Gasteiger partial charge in [-0.05, 0) is 78.4 Å². The van der Waals surface area contributed by atoms with Crippen LogP contribution in [0.15, 0.2) is 72.3 Å². The minimum atomic E-state index is -0.429. The molecule has 31 heavy (non-hydrogen) atoms. The second-order valence-corrected chi connectivity index (χ2v) is 7.45. The van der Waals surface area contributed by atoms with E-state index in [1.807, 2.05) is 54.6 Å². The van der Waals surface area contributed by atoms with Crippen LogP contribution < -0.4 is 10.1 Å². The first-order chi connectivity index (χ1) is 15.0. The van der Waals surface area contributed by atoms with E-state index in [0.717, 1.165) is 23.3 Å². The van der Waals surface area contributed by atoms with E-state index in [4.69, 9.17) is 4.74 Å². The fraction of sp³-hybridized carbons (Fsp3) is 0.185. The van der Waals surface area contributed by atoms with Crippen molar-refractivity contribution in [2.75, 3.05) is 5.32 Å². The zero-order valence-electron chi connectivity index (χ0n) is 18.1. The molecular formula is C27H26N2O2. The van der Waals surface area contributed by atoms with Crippen LogP contribution in [0, 0.1) is 25.2 Å². The lowest BCUT2D eigenvalue weighted by Gasteiger charge is -2.09. The molecule has 4 heteroatoms. The molecule has 156 valence electrons. The van der Waals surface area contributed by atoms with E-state index in [0.29, 0.717) is 12.3 Å². The summed E-state index contributed by atoms with van der Waals surface area (Å²) in [6, 6.07) is 23.2. The molecule has 0 aliphatic rings. The Labute approximate surface area is 183 Å². The summed E-state index contributed by atoms with van der Waals surface area (Å²) in [5.74, 6) is 0.302. The molecule has 0 spiro atoms. The van der Waals surface area contributed by atoms with Crippen LogP contribution in [0.25, 0.3) is 6.08 Å². The molecular weight excluding hydrogens is 384 g/mol. The maximum atomic E-state index is 12.5. The zero-order chi connectivity index (χ0) is 22.2. The van der Waals surface area contributed by atoms with Crippen LogP contribution in [-0.4, -0.2) is 5.91 Å². The summed E-state index contributed by atoms with van der Waals surface area (Å²) in [5, 5.41) is 12.2. The van der Waals surface area contributed by atoms with Crippen molar-refractivity contribution in [2.45, 2.75) is 33.8 Å². The van der Waals surface area contributed by atoms with Gasteiger partial charge in [0.1, 0.15) is 24.0 Å². The summed E-state index contributed by atoms with van der Waals surface area (Å²) < 4.78 is 5.85. The van der Waals surface area contributed by atoms with Crippen molar-refractivity contribution in [3.8, 4) is 11.8 Å². The van der Waals surface area contributed by atoms with E-state index in [1.54, 1.807) is 6.08 Å². The summed E-state index contributed by atoms with van der Waals surface area (Å²) in [7, 11) is 0. The topological polar surface area (TPSA) is 62.1 Å². The van der Waals surface area contributed by atoms with Crippen LogP contribution in [0.3, 0.4) is 0 Å². The van der Waals surface area contributed by atoms with Crippen molar-refractivity contribution in [2.24, 2.45) is 0 Å². The Kier molecular flexibility index (Phi) is 7.24. The standard InChI is InChI=1S/C27H26N2O2/c1-4-21-7-11-25(12-8-21)29-27(30)24(17-28)16-22-9-13-26(14-10-22)31-18-23-6-5-19(2)20(3)15-23/h5-16H,4,18H2,1-3H3,(H,29,30)/b24-16+. The van der Waals surface area contributed by atoms with Crippen LogP contribution in [0.5, 0.6) is 5.75 Å². The van der Waals surface area contributed by atoms with Crippen molar-refractivity contribution in [3.05, 3.63) is 100 Å². The number of hydrogen-bond acceptors (Lipinski definition) is 3. The van der Waals surface area contributed by atoms with Gasteiger partial charge in [0.25, 0.3) is 5.91 Å². The van der Waals surface area contributed by atoms with Gasteiger partial charge in [0.05, 0.1) is 0 Å². The van der Waals surface area contributed by atoms with Crippen LogP contribution in [-0.2, 0) is 17.8 Å². The number of benzene rings is 3. The molecule has 0 bridgehead atoms. The highest BCUT2D eigenvalue weighted by molar-refractivity contribution is 6.09. The molecule has 0 radical (unpaired) electrons. The van der Waals surface area contributed by atoms with Gasteiger partial charge in [0.15, 0.2) is 0 Å². The molecule has 3 rings (SSSR count). The highest BCUT2D eigenvalue weighted by atomic mass is 16.5. The first-order valence-electron chi connectivity index (χ1n) is 10.3. The number of nitriles is 1. The lowest BCUT2D eigenvalue weighted by Crippen LogP contribution is -2.13. The van der Waals surface area contributed by atoms with E-state index in [1.165, 1.54) is 16.7 Å². The fourth-order valence-corrected chi connectivity index (χ4v) is 3.06. The SMILES string of the molecule is CCc1ccc(NC(=O)/C(C#N)=C/c2ccc(OCc3ccc(C)c(C)c3)cc2)cc1. The number of carbonyl (C=O) groups is 1. The average molecular weight is 411 g/mol. The van der Waals surface area contributed by atoms with Gasteiger partial charge < -0.3 is 10.1 Å². The van der Waals surface area contributed by atoms with Gasteiger partial charge in [-0.3, -0.25) is 4.79 Å². The van der Waals surface area contributed by atoms with E-state index in [2.05, 4.69) is 44.3 Å². The van der Waals surface area contributed by atoms with Crippen LogP contribution >= 0.6 is 0 Å². The van der Waals surface area contributed by atoms with Crippen LogP contribution in [0.1, 0.15) is 34.7 Å². The Balaban J connectivity index is 1.63. The molecule has 0 fully saturated rings. The average Bonchev–Trinajstić information content (AvgIpc) is 2.79. The molecule has 1 amide bonds. The summed E-state index contributed by atoms with van der Waals surface area (Å²) in [6.45, 7) is 6.73. The van der Waals surface area contributed by atoms with Gasteiger partial charge in [-0.15, -0.1) is 0 Å². The number of carbonyl (C=O) groups excluding carboxylic acids is 1. The number of anilines is 1. The van der Waals surface area contributed by atoms with Gasteiger partial charge in [0, 0.05) is 5.69 Å². The lowest BCUT2D eigenvalue weighted by atomic mass is 10.1. The number of aryl methyl sites for hydroxylation is 3. The zero-order valence-corrected chi connectivity index (χ0v) is 18.1. The monoisotopic (exact) mass is 410 g/mol.